The number of hydrogen-bond donors (Lipinski definition) is 1. The highest BCUT2D eigenvalue weighted by Gasteiger charge is 2.12. The predicted octanol–water partition coefficient (Wildman–Crippen LogP) is 1.48. The number of carboxylic acids is 1. The lowest BCUT2D eigenvalue weighted by Crippen LogP contribution is -2.05. The number of tetrazole rings is 1. The zero-order chi connectivity index (χ0) is 12.4. The predicted molar refractivity (Wildman–Crippen MR) is 60.2 cm³/mol. The maximum absolute atomic E-state index is 10.7. The van der Waals surface area contributed by atoms with Crippen LogP contribution in [0.1, 0.15) is 35.9 Å². The molecule has 1 N–H and O–H groups in total. The van der Waals surface area contributed by atoms with Gasteiger partial charge in [-0.15, -0.1) is 5.10 Å². The largest absolute Gasteiger partial charge is 0.478 e. The van der Waals surface area contributed by atoms with E-state index in [9.17, 15) is 4.79 Å². The molecule has 17 heavy (non-hydrogen) atoms. The summed E-state index contributed by atoms with van der Waals surface area (Å²) in [5.41, 5.74) is 0.997. The first-order valence-corrected chi connectivity index (χ1v) is 5.21. The van der Waals surface area contributed by atoms with Crippen LogP contribution < -0.4 is 0 Å². The minimum Gasteiger partial charge on any atom is -0.478 e. The topological polar surface area (TPSA) is 80.9 Å². The fourth-order valence-corrected chi connectivity index (χ4v) is 1.48. The smallest absolute Gasteiger partial charge is 0.335 e. The highest BCUT2D eigenvalue weighted by atomic mass is 16.4. The van der Waals surface area contributed by atoms with Gasteiger partial charge in [0.2, 0.25) is 0 Å². The molecule has 0 aliphatic carbocycles. The molecule has 0 spiro atoms. The summed E-state index contributed by atoms with van der Waals surface area (Å²) in [7, 11) is 0. The maximum atomic E-state index is 10.7. The van der Waals surface area contributed by atoms with Crippen LogP contribution in [-0.2, 0) is 0 Å². The Hall–Kier alpha value is -2.24. The molecule has 1 heterocycles. The summed E-state index contributed by atoms with van der Waals surface area (Å²) >= 11 is 0. The van der Waals surface area contributed by atoms with Gasteiger partial charge in [0.25, 0.3) is 0 Å². The third-order valence-corrected chi connectivity index (χ3v) is 2.37. The third-order valence-electron chi connectivity index (χ3n) is 2.37. The van der Waals surface area contributed by atoms with Crippen molar-refractivity contribution < 1.29 is 9.90 Å². The fourth-order valence-electron chi connectivity index (χ4n) is 1.48. The second-order valence-electron chi connectivity index (χ2n) is 3.96. The van der Waals surface area contributed by atoms with Gasteiger partial charge >= 0.3 is 5.97 Å². The van der Waals surface area contributed by atoms with Gasteiger partial charge in [-0.25, -0.2) is 4.79 Å². The van der Waals surface area contributed by atoms with Crippen molar-refractivity contribution >= 4 is 5.97 Å². The first-order valence-electron chi connectivity index (χ1n) is 5.21. The molecule has 0 radical (unpaired) electrons. The number of aromatic carboxylic acids is 1. The van der Waals surface area contributed by atoms with Crippen molar-refractivity contribution in [3.05, 3.63) is 35.7 Å². The molecule has 2 rings (SSSR count). The molecule has 0 atom stereocenters. The summed E-state index contributed by atoms with van der Waals surface area (Å²) in [4.78, 5) is 10.7. The standard InChI is InChI=1S/C11H12N4O2/c1-7(2)10-12-13-14-15(10)9-5-3-8(4-6-9)11(16)17/h3-7H,1-2H3,(H,16,17). The quantitative estimate of drug-likeness (QED) is 0.866. The molecule has 1 aromatic carbocycles. The van der Waals surface area contributed by atoms with Crippen LogP contribution in [0.4, 0.5) is 0 Å². The number of aromatic nitrogens is 4. The molecule has 0 aliphatic rings. The van der Waals surface area contributed by atoms with E-state index in [1.807, 2.05) is 13.8 Å². The molecule has 2 aromatic rings. The molecule has 0 saturated carbocycles. The number of hydrogen-bond acceptors (Lipinski definition) is 4. The summed E-state index contributed by atoms with van der Waals surface area (Å²) in [5, 5.41) is 20.3. The van der Waals surface area contributed by atoms with Gasteiger partial charge < -0.3 is 5.11 Å². The van der Waals surface area contributed by atoms with Crippen molar-refractivity contribution in [1.82, 2.24) is 20.2 Å². The minimum absolute atomic E-state index is 0.198. The van der Waals surface area contributed by atoms with Crippen LogP contribution in [0.5, 0.6) is 0 Å². The number of nitrogens with zero attached hydrogens (tertiary/aromatic N) is 4. The Morgan fingerprint density at radius 2 is 1.94 bits per heavy atom. The van der Waals surface area contributed by atoms with Gasteiger partial charge in [0.05, 0.1) is 11.3 Å². The molecule has 0 amide bonds. The van der Waals surface area contributed by atoms with Gasteiger partial charge in [0.1, 0.15) is 0 Å². The normalized spacial score (nSPS) is 10.8. The van der Waals surface area contributed by atoms with Gasteiger partial charge in [0.15, 0.2) is 5.82 Å². The second kappa shape index (κ2) is 4.32. The Bertz CT molecular complexity index is 531. The van der Waals surface area contributed by atoms with E-state index in [-0.39, 0.29) is 11.5 Å². The maximum Gasteiger partial charge on any atom is 0.335 e. The molecule has 0 unspecified atom stereocenters. The van der Waals surface area contributed by atoms with E-state index in [0.29, 0.717) is 0 Å². The van der Waals surface area contributed by atoms with Gasteiger partial charge in [0, 0.05) is 5.92 Å². The number of carboxylic acid groups (broad SMARTS) is 1. The van der Waals surface area contributed by atoms with Crippen molar-refractivity contribution in [3.63, 3.8) is 0 Å². The molecular weight excluding hydrogens is 220 g/mol. The highest BCUT2D eigenvalue weighted by Crippen LogP contribution is 2.15. The monoisotopic (exact) mass is 232 g/mol. The summed E-state index contributed by atoms with van der Waals surface area (Å²) in [6, 6.07) is 6.43. The Labute approximate surface area is 97.9 Å². The van der Waals surface area contributed by atoms with Crippen LogP contribution in [0.2, 0.25) is 0 Å². The van der Waals surface area contributed by atoms with Crippen LogP contribution in [-0.4, -0.2) is 31.3 Å². The van der Waals surface area contributed by atoms with Crippen LogP contribution in [0.3, 0.4) is 0 Å². The minimum atomic E-state index is -0.947. The Morgan fingerprint density at radius 3 is 2.47 bits per heavy atom. The van der Waals surface area contributed by atoms with Crippen LogP contribution in [0.15, 0.2) is 24.3 Å². The molecule has 0 saturated heterocycles. The second-order valence-corrected chi connectivity index (χ2v) is 3.96. The van der Waals surface area contributed by atoms with E-state index in [1.54, 1.807) is 16.8 Å². The van der Waals surface area contributed by atoms with E-state index in [1.165, 1.54) is 12.1 Å². The molecule has 0 fully saturated rings. The van der Waals surface area contributed by atoms with Gasteiger partial charge in [-0.2, -0.15) is 4.68 Å². The van der Waals surface area contributed by atoms with E-state index in [0.717, 1.165) is 11.5 Å². The van der Waals surface area contributed by atoms with Gasteiger partial charge in [-0.1, -0.05) is 13.8 Å². The lowest BCUT2D eigenvalue weighted by molar-refractivity contribution is 0.0697. The van der Waals surface area contributed by atoms with Gasteiger partial charge in [-0.3, -0.25) is 0 Å². The van der Waals surface area contributed by atoms with E-state index >= 15 is 0 Å². The Balaban J connectivity index is 2.40. The SMILES string of the molecule is CC(C)c1nnnn1-c1ccc(C(=O)O)cc1. The summed E-state index contributed by atoms with van der Waals surface area (Å²) < 4.78 is 1.61. The van der Waals surface area contributed by atoms with Crippen molar-refractivity contribution in [3.8, 4) is 5.69 Å². The molecule has 6 heteroatoms. The average Bonchev–Trinajstić information content (AvgIpc) is 2.78. The zero-order valence-corrected chi connectivity index (χ0v) is 9.53. The Kier molecular flexibility index (Phi) is 2.86. The first kappa shape index (κ1) is 11.3. The Morgan fingerprint density at radius 1 is 1.29 bits per heavy atom. The lowest BCUT2D eigenvalue weighted by atomic mass is 10.2. The average molecular weight is 232 g/mol. The first-order chi connectivity index (χ1) is 8.09. The summed E-state index contributed by atoms with van der Waals surface area (Å²) in [6.45, 7) is 3.99. The zero-order valence-electron chi connectivity index (χ0n) is 9.53. The molecule has 0 aliphatic heterocycles. The lowest BCUT2D eigenvalue weighted by Gasteiger charge is -2.06. The number of benzene rings is 1. The summed E-state index contributed by atoms with van der Waals surface area (Å²) in [6.07, 6.45) is 0. The molecule has 0 bridgehead atoms. The van der Waals surface area contributed by atoms with Gasteiger partial charge in [-0.05, 0) is 34.7 Å². The summed E-state index contributed by atoms with van der Waals surface area (Å²) in [5.74, 6) is -0.00502. The van der Waals surface area contributed by atoms with E-state index in [4.69, 9.17) is 5.11 Å². The van der Waals surface area contributed by atoms with Crippen LogP contribution >= 0.6 is 0 Å². The highest BCUT2D eigenvalue weighted by molar-refractivity contribution is 5.87. The van der Waals surface area contributed by atoms with Crippen LogP contribution in [0, 0.1) is 0 Å². The van der Waals surface area contributed by atoms with E-state index < -0.39 is 5.97 Å². The molecular formula is C11H12N4O2. The number of rotatable bonds is 3. The number of carbonyl (C=O) groups is 1. The van der Waals surface area contributed by atoms with Crippen molar-refractivity contribution in [2.24, 2.45) is 0 Å². The van der Waals surface area contributed by atoms with E-state index in [2.05, 4.69) is 15.5 Å². The van der Waals surface area contributed by atoms with Crippen molar-refractivity contribution in [2.45, 2.75) is 19.8 Å². The molecule has 1 aromatic heterocycles. The van der Waals surface area contributed by atoms with Crippen molar-refractivity contribution in [1.29, 1.82) is 0 Å². The third kappa shape index (κ3) is 2.15. The fraction of sp³-hybridized carbons (Fsp3) is 0.273. The molecule has 6 nitrogen and oxygen atoms in total. The molecule has 88 valence electrons. The van der Waals surface area contributed by atoms with Crippen molar-refractivity contribution in [2.75, 3.05) is 0 Å². The van der Waals surface area contributed by atoms with Crippen LogP contribution in [0.25, 0.3) is 5.69 Å².